The number of rotatable bonds is 5. The lowest BCUT2D eigenvalue weighted by atomic mass is 10.3. The van der Waals surface area contributed by atoms with Crippen molar-refractivity contribution in [1.82, 2.24) is 5.32 Å². The highest BCUT2D eigenvalue weighted by Gasteiger charge is 2.23. The molecule has 0 aliphatic carbocycles. The molecule has 0 aromatic heterocycles. The van der Waals surface area contributed by atoms with Gasteiger partial charge in [-0.2, -0.15) is 0 Å². The maximum atomic E-state index is 13.5. The number of sulfonamides is 1. The molecule has 1 aromatic carbocycles. The number of halogens is 3. The zero-order valence-electron chi connectivity index (χ0n) is 9.80. The van der Waals surface area contributed by atoms with Crippen LogP contribution in [0.25, 0.3) is 0 Å². The second-order valence-corrected chi connectivity index (χ2v) is 6.71. The van der Waals surface area contributed by atoms with E-state index in [0.717, 1.165) is 6.07 Å². The van der Waals surface area contributed by atoms with Crippen molar-refractivity contribution in [2.24, 2.45) is 0 Å². The van der Waals surface area contributed by atoms with Crippen LogP contribution in [0.15, 0.2) is 16.6 Å². The van der Waals surface area contributed by atoms with Crippen LogP contribution in [0.4, 0.5) is 14.5 Å². The molecule has 1 unspecified atom stereocenters. The second kappa shape index (κ2) is 5.94. The highest BCUT2D eigenvalue weighted by molar-refractivity contribution is 9.10. The molecule has 1 aromatic rings. The first-order valence-corrected chi connectivity index (χ1v) is 7.42. The summed E-state index contributed by atoms with van der Waals surface area (Å²) in [6, 6.07) is 1.61. The van der Waals surface area contributed by atoms with Crippen LogP contribution < -0.4 is 10.0 Å². The lowest BCUT2D eigenvalue weighted by molar-refractivity contribution is 0.576. The van der Waals surface area contributed by atoms with E-state index in [9.17, 15) is 17.2 Å². The average molecular weight is 343 g/mol. The van der Waals surface area contributed by atoms with Gasteiger partial charge in [0.15, 0.2) is 5.82 Å². The van der Waals surface area contributed by atoms with Gasteiger partial charge in [0, 0.05) is 17.1 Å². The topological polar surface area (TPSA) is 58.2 Å². The molecular formula is C10H13BrF2N2O2S. The van der Waals surface area contributed by atoms with Gasteiger partial charge in [-0.25, -0.2) is 17.2 Å². The summed E-state index contributed by atoms with van der Waals surface area (Å²) in [7, 11) is -2.13. The Labute approximate surface area is 113 Å². The fourth-order valence-corrected chi connectivity index (χ4v) is 3.00. The minimum Gasteiger partial charge on any atom is -0.318 e. The normalized spacial score (nSPS) is 13.4. The maximum Gasteiger partial charge on any atom is 0.236 e. The number of hydrogen-bond donors (Lipinski definition) is 2. The van der Waals surface area contributed by atoms with Gasteiger partial charge in [-0.15, -0.1) is 0 Å². The number of nitrogens with one attached hydrogen (secondary N) is 2. The Morgan fingerprint density at radius 2 is 2.00 bits per heavy atom. The van der Waals surface area contributed by atoms with Crippen LogP contribution in [0.5, 0.6) is 0 Å². The number of hydrogen-bond acceptors (Lipinski definition) is 3. The summed E-state index contributed by atoms with van der Waals surface area (Å²) < 4.78 is 52.2. The Kier molecular flexibility index (Phi) is 5.06. The van der Waals surface area contributed by atoms with Crippen molar-refractivity contribution < 1.29 is 17.2 Å². The molecule has 2 N–H and O–H groups in total. The van der Waals surface area contributed by atoms with Gasteiger partial charge in [-0.3, -0.25) is 4.72 Å². The molecule has 102 valence electrons. The highest BCUT2D eigenvalue weighted by Crippen LogP contribution is 2.28. The van der Waals surface area contributed by atoms with Crippen LogP contribution in [0.3, 0.4) is 0 Å². The van der Waals surface area contributed by atoms with E-state index in [4.69, 9.17) is 0 Å². The molecule has 0 amide bonds. The number of anilines is 1. The third-order valence-electron chi connectivity index (χ3n) is 2.27. The monoisotopic (exact) mass is 342 g/mol. The van der Waals surface area contributed by atoms with Crippen molar-refractivity contribution in [2.45, 2.75) is 12.2 Å². The summed E-state index contributed by atoms with van der Waals surface area (Å²) in [4.78, 5) is 0. The molecule has 4 nitrogen and oxygen atoms in total. The van der Waals surface area contributed by atoms with Crippen molar-refractivity contribution in [3.05, 3.63) is 28.2 Å². The Bertz CT molecular complexity index is 514. The smallest absolute Gasteiger partial charge is 0.236 e. The fourth-order valence-electron chi connectivity index (χ4n) is 1.28. The molecule has 0 radical (unpaired) electrons. The van der Waals surface area contributed by atoms with Crippen LogP contribution in [-0.2, 0) is 10.0 Å². The van der Waals surface area contributed by atoms with Crippen molar-refractivity contribution in [3.63, 3.8) is 0 Å². The van der Waals surface area contributed by atoms with Gasteiger partial charge in [0.05, 0.1) is 10.9 Å². The van der Waals surface area contributed by atoms with E-state index in [1.165, 1.54) is 6.92 Å². The molecule has 0 spiro atoms. The molecule has 0 saturated heterocycles. The first-order valence-electron chi connectivity index (χ1n) is 5.08. The maximum absolute atomic E-state index is 13.5. The van der Waals surface area contributed by atoms with Gasteiger partial charge in [-0.1, -0.05) is 0 Å². The van der Waals surface area contributed by atoms with E-state index in [1.54, 1.807) is 7.05 Å². The van der Waals surface area contributed by atoms with Gasteiger partial charge in [0.1, 0.15) is 5.82 Å². The first-order chi connectivity index (χ1) is 8.27. The predicted molar refractivity (Wildman–Crippen MR) is 70.0 cm³/mol. The van der Waals surface area contributed by atoms with Gasteiger partial charge >= 0.3 is 0 Å². The van der Waals surface area contributed by atoms with Crippen molar-refractivity contribution in [2.75, 3.05) is 18.3 Å². The van der Waals surface area contributed by atoms with Crippen molar-refractivity contribution in [3.8, 4) is 0 Å². The van der Waals surface area contributed by atoms with Gasteiger partial charge in [0.2, 0.25) is 10.0 Å². The molecular weight excluding hydrogens is 330 g/mol. The summed E-state index contributed by atoms with van der Waals surface area (Å²) >= 11 is 2.92. The van der Waals surface area contributed by atoms with Crippen LogP contribution in [0, 0.1) is 11.6 Å². The van der Waals surface area contributed by atoms with Crippen LogP contribution in [-0.4, -0.2) is 27.3 Å². The molecule has 0 aliphatic rings. The molecule has 0 fully saturated rings. The van der Waals surface area contributed by atoms with Crippen LogP contribution >= 0.6 is 15.9 Å². The lowest BCUT2D eigenvalue weighted by Gasteiger charge is -2.15. The Morgan fingerprint density at radius 3 is 2.50 bits per heavy atom. The van der Waals surface area contributed by atoms with Gasteiger partial charge < -0.3 is 5.32 Å². The summed E-state index contributed by atoms with van der Waals surface area (Å²) in [5, 5.41) is 1.96. The van der Waals surface area contributed by atoms with E-state index in [1.807, 2.05) is 0 Å². The predicted octanol–water partition coefficient (Wildman–Crippen LogP) is 2.08. The van der Waals surface area contributed by atoms with Crippen LogP contribution in [0.1, 0.15) is 6.92 Å². The van der Waals surface area contributed by atoms with Crippen molar-refractivity contribution in [1.29, 1.82) is 0 Å². The molecule has 0 aliphatic heterocycles. The van der Waals surface area contributed by atoms with E-state index in [0.29, 0.717) is 6.07 Å². The minimum absolute atomic E-state index is 0.0141. The zero-order chi connectivity index (χ0) is 13.9. The molecule has 18 heavy (non-hydrogen) atoms. The lowest BCUT2D eigenvalue weighted by Crippen LogP contribution is -2.33. The molecule has 0 heterocycles. The second-order valence-electron chi connectivity index (χ2n) is 3.76. The molecule has 1 atom stereocenters. The zero-order valence-corrected chi connectivity index (χ0v) is 12.2. The Balaban J connectivity index is 3.05. The third kappa shape index (κ3) is 3.63. The van der Waals surface area contributed by atoms with E-state index in [2.05, 4.69) is 26.0 Å². The first kappa shape index (κ1) is 15.3. The minimum atomic E-state index is -3.74. The summed E-state index contributed by atoms with van der Waals surface area (Å²) in [5.41, 5.74) is -0.292. The molecule has 0 bridgehead atoms. The van der Waals surface area contributed by atoms with Crippen LogP contribution in [0.2, 0.25) is 0 Å². The van der Waals surface area contributed by atoms with E-state index < -0.39 is 26.9 Å². The highest BCUT2D eigenvalue weighted by atomic mass is 79.9. The molecule has 0 saturated carbocycles. The third-order valence-corrected chi connectivity index (χ3v) is 4.61. The standard InChI is InChI=1S/C10H13BrF2N2O2S/c1-6(5-14-2)18(16,17)15-10-8(11)3-7(12)4-9(10)13/h3-4,6,14-15H,5H2,1-2H3. The molecule has 8 heteroatoms. The van der Waals surface area contributed by atoms with Gasteiger partial charge in [0.25, 0.3) is 0 Å². The number of benzene rings is 1. The summed E-state index contributed by atoms with van der Waals surface area (Å²) in [6.07, 6.45) is 0. The van der Waals surface area contributed by atoms with E-state index in [-0.39, 0.29) is 16.7 Å². The molecule has 1 rings (SSSR count). The SMILES string of the molecule is CNCC(C)S(=O)(=O)Nc1c(F)cc(F)cc1Br. The fraction of sp³-hybridized carbons (Fsp3) is 0.400. The Morgan fingerprint density at radius 1 is 1.39 bits per heavy atom. The summed E-state index contributed by atoms with van der Waals surface area (Å²) in [6.45, 7) is 1.70. The summed E-state index contributed by atoms with van der Waals surface area (Å²) in [5.74, 6) is -1.76. The van der Waals surface area contributed by atoms with Crippen molar-refractivity contribution >= 4 is 31.6 Å². The Hall–Kier alpha value is -0.730. The average Bonchev–Trinajstić information content (AvgIpc) is 2.23. The largest absolute Gasteiger partial charge is 0.318 e. The van der Waals surface area contributed by atoms with Gasteiger partial charge in [-0.05, 0) is 36.0 Å². The van der Waals surface area contributed by atoms with E-state index >= 15 is 0 Å². The quantitative estimate of drug-likeness (QED) is 0.861.